The molecule has 2 aromatic carbocycles. The lowest BCUT2D eigenvalue weighted by Gasteiger charge is -2.18. The fourth-order valence-corrected chi connectivity index (χ4v) is 3.73. The Morgan fingerprint density at radius 1 is 0.867 bits per heavy atom. The van der Waals surface area contributed by atoms with Crippen molar-refractivity contribution >= 4 is 40.9 Å². The SMILES string of the molecule is Cc1ccc(NC(=O)CSCC(=O)N(C)CC(=O)Nc2c(C)cccc2C)c(C)c1. The van der Waals surface area contributed by atoms with Crippen LogP contribution >= 0.6 is 11.8 Å². The molecule has 0 atom stereocenters. The van der Waals surface area contributed by atoms with Gasteiger partial charge in [0.15, 0.2) is 0 Å². The second kappa shape index (κ2) is 10.8. The van der Waals surface area contributed by atoms with E-state index in [1.807, 2.05) is 64.1 Å². The largest absolute Gasteiger partial charge is 0.336 e. The third-order valence-corrected chi connectivity index (χ3v) is 5.58. The number of nitrogens with zero attached hydrogens (tertiary/aromatic N) is 1. The van der Waals surface area contributed by atoms with E-state index >= 15 is 0 Å². The summed E-state index contributed by atoms with van der Waals surface area (Å²) in [4.78, 5) is 38.1. The molecule has 0 heterocycles. The molecule has 30 heavy (non-hydrogen) atoms. The number of carbonyl (C=O) groups excluding carboxylic acids is 3. The Balaban J connectivity index is 1.76. The summed E-state index contributed by atoms with van der Waals surface area (Å²) in [6, 6.07) is 11.6. The van der Waals surface area contributed by atoms with Crippen molar-refractivity contribution in [3.63, 3.8) is 0 Å². The van der Waals surface area contributed by atoms with Crippen molar-refractivity contribution in [2.45, 2.75) is 27.7 Å². The maximum Gasteiger partial charge on any atom is 0.243 e. The topological polar surface area (TPSA) is 78.5 Å². The minimum Gasteiger partial charge on any atom is -0.336 e. The summed E-state index contributed by atoms with van der Waals surface area (Å²) in [5.74, 6) is -0.304. The first kappa shape index (κ1) is 23.5. The van der Waals surface area contributed by atoms with E-state index in [0.717, 1.165) is 33.6 Å². The summed E-state index contributed by atoms with van der Waals surface area (Å²) in [6.45, 7) is 7.76. The Hall–Kier alpha value is -2.80. The molecule has 0 aliphatic carbocycles. The third kappa shape index (κ3) is 6.91. The quantitative estimate of drug-likeness (QED) is 0.674. The van der Waals surface area contributed by atoms with Gasteiger partial charge in [0.05, 0.1) is 18.1 Å². The summed E-state index contributed by atoms with van der Waals surface area (Å²) in [6.07, 6.45) is 0. The highest BCUT2D eigenvalue weighted by Gasteiger charge is 2.15. The number of carbonyl (C=O) groups is 3. The predicted molar refractivity (Wildman–Crippen MR) is 124 cm³/mol. The molecule has 0 fully saturated rings. The van der Waals surface area contributed by atoms with Gasteiger partial charge < -0.3 is 15.5 Å². The molecule has 2 N–H and O–H groups in total. The predicted octanol–water partition coefficient (Wildman–Crippen LogP) is 3.69. The normalized spacial score (nSPS) is 10.4. The first-order valence-corrected chi connectivity index (χ1v) is 10.9. The van der Waals surface area contributed by atoms with Crippen LogP contribution in [0.2, 0.25) is 0 Å². The molecule has 7 heteroatoms. The van der Waals surface area contributed by atoms with Crippen molar-refractivity contribution in [1.29, 1.82) is 0 Å². The van der Waals surface area contributed by atoms with Gasteiger partial charge in [-0.25, -0.2) is 0 Å². The number of para-hydroxylation sites is 1. The zero-order chi connectivity index (χ0) is 22.3. The fourth-order valence-electron chi connectivity index (χ4n) is 2.98. The van der Waals surface area contributed by atoms with Gasteiger partial charge in [0.2, 0.25) is 17.7 Å². The van der Waals surface area contributed by atoms with Gasteiger partial charge in [-0.3, -0.25) is 14.4 Å². The van der Waals surface area contributed by atoms with Crippen LogP contribution in [0.15, 0.2) is 36.4 Å². The number of benzene rings is 2. The molecule has 0 spiro atoms. The molecule has 0 saturated carbocycles. The molecule has 2 rings (SSSR count). The Kier molecular flexibility index (Phi) is 8.47. The molecule has 0 aliphatic heterocycles. The van der Waals surface area contributed by atoms with E-state index in [0.29, 0.717) is 0 Å². The van der Waals surface area contributed by atoms with Gasteiger partial charge >= 0.3 is 0 Å². The Labute approximate surface area is 182 Å². The molecule has 0 radical (unpaired) electrons. The number of amides is 3. The Morgan fingerprint density at radius 2 is 1.53 bits per heavy atom. The van der Waals surface area contributed by atoms with Gasteiger partial charge in [-0.05, 0) is 50.5 Å². The molecule has 2 aromatic rings. The van der Waals surface area contributed by atoms with Crippen LogP contribution in [0, 0.1) is 27.7 Å². The number of likely N-dealkylation sites (N-methyl/N-ethyl adjacent to an activating group) is 1. The number of anilines is 2. The van der Waals surface area contributed by atoms with E-state index < -0.39 is 0 Å². The average molecular weight is 428 g/mol. The van der Waals surface area contributed by atoms with Gasteiger partial charge in [0, 0.05) is 18.4 Å². The molecule has 3 amide bonds. The standard InChI is InChI=1S/C23H29N3O3S/c1-15-9-10-19(18(4)11-15)24-21(28)13-30-14-22(29)26(5)12-20(27)25-23-16(2)7-6-8-17(23)3/h6-11H,12-14H2,1-5H3,(H,24,28)(H,25,27). The van der Waals surface area contributed by atoms with Gasteiger partial charge in [0.25, 0.3) is 0 Å². The maximum atomic E-state index is 12.3. The number of aryl methyl sites for hydroxylation is 4. The van der Waals surface area contributed by atoms with Crippen molar-refractivity contribution in [2.24, 2.45) is 0 Å². The molecule has 0 unspecified atom stereocenters. The molecular formula is C23H29N3O3S. The van der Waals surface area contributed by atoms with E-state index in [2.05, 4.69) is 10.6 Å². The number of thioether (sulfide) groups is 1. The van der Waals surface area contributed by atoms with Crippen LogP contribution in [-0.2, 0) is 14.4 Å². The highest BCUT2D eigenvalue weighted by Crippen LogP contribution is 2.19. The molecule has 0 saturated heterocycles. The Morgan fingerprint density at radius 3 is 2.17 bits per heavy atom. The zero-order valence-corrected chi connectivity index (χ0v) is 19.0. The molecule has 0 aliphatic rings. The van der Waals surface area contributed by atoms with Crippen LogP contribution in [0.1, 0.15) is 22.3 Å². The van der Waals surface area contributed by atoms with E-state index in [1.54, 1.807) is 7.05 Å². The van der Waals surface area contributed by atoms with Crippen molar-refractivity contribution < 1.29 is 14.4 Å². The van der Waals surface area contributed by atoms with Crippen molar-refractivity contribution in [1.82, 2.24) is 4.90 Å². The Bertz CT molecular complexity index is 923. The van der Waals surface area contributed by atoms with Gasteiger partial charge in [-0.1, -0.05) is 35.9 Å². The summed E-state index contributed by atoms with van der Waals surface area (Å²) in [5.41, 5.74) is 5.64. The minimum absolute atomic E-state index is 0.0398. The second-order valence-electron chi connectivity index (χ2n) is 7.42. The molecular weight excluding hydrogens is 398 g/mol. The van der Waals surface area contributed by atoms with Crippen LogP contribution in [-0.4, -0.2) is 47.7 Å². The number of hydrogen-bond acceptors (Lipinski definition) is 4. The smallest absolute Gasteiger partial charge is 0.243 e. The summed E-state index contributed by atoms with van der Waals surface area (Å²) in [7, 11) is 1.59. The van der Waals surface area contributed by atoms with Crippen molar-refractivity contribution in [2.75, 3.05) is 35.7 Å². The van der Waals surface area contributed by atoms with E-state index in [4.69, 9.17) is 0 Å². The van der Waals surface area contributed by atoms with Crippen LogP contribution in [0.4, 0.5) is 11.4 Å². The zero-order valence-electron chi connectivity index (χ0n) is 18.2. The minimum atomic E-state index is -0.249. The highest BCUT2D eigenvalue weighted by molar-refractivity contribution is 8.00. The molecule has 6 nitrogen and oxygen atoms in total. The monoisotopic (exact) mass is 427 g/mol. The fraction of sp³-hybridized carbons (Fsp3) is 0.348. The van der Waals surface area contributed by atoms with Gasteiger partial charge in [-0.2, -0.15) is 0 Å². The maximum absolute atomic E-state index is 12.3. The van der Waals surface area contributed by atoms with E-state index in [1.165, 1.54) is 16.7 Å². The second-order valence-corrected chi connectivity index (χ2v) is 8.41. The van der Waals surface area contributed by atoms with Crippen LogP contribution < -0.4 is 10.6 Å². The summed E-state index contributed by atoms with van der Waals surface area (Å²) < 4.78 is 0. The molecule has 160 valence electrons. The number of nitrogens with one attached hydrogen (secondary N) is 2. The van der Waals surface area contributed by atoms with Gasteiger partial charge in [0.1, 0.15) is 0 Å². The lowest BCUT2D eigenvalue weighted by atomic mass is 10.1. The lowest BCUT2D eigenvalue weighted by Crippen LogP contribution is -2.36. The van der Waals surface area contributed by atoms with E-state index in [9.17, 15) is 14.4 Å². The lowest BCUT2D eigenvalue weighted by molar-refractivity contribution is -0.131. The third-order valence-electron chi connectivity index (χ3n) is 4.67. The van der Waals surface area contributed by atoms with Gasteiger partial charge in [-0.15, -0.1) is 11.8 Å². The summed E-state index contributed by atoms with van der Waals surface area (Å²) in [5, 5.41) is 5.73. The number of hydrogen-bond donors (Lipinski definition) is 2. The molecule has 0 bridgehead atoms. The average Bonchev–Trinajstić information content (AvgIpc) is 2.67. The molecule has 0 aromatic heterocycles. The van der Waals surface area contributed by atoms with Crippen LogP contribution in [0.3, 0.4) is 0 Å². The van der Waals surface area contributed by atoms with E-state index in [-0.39, 0.29) is 35.8 Å². The van der Waals surface area contributed by atoms with Crippen LogP contribution in [0.25, 0.3) is 0 Å². The van der Waals surface area contributed by atoms with Crippen molar-refractivity contribution in [3.05, 3.63) is 58.7 Å². The highest BCUT2D eigenvalue weighted by atomic mass is 32.2. The van der Waals surface area contributed by atoms with Crippen LogP contribution in [0.5, 0.6) is 0 Å². The summed E-state index contributed by atoms with van der Waals surface area (Å²) >= 11 is 1.23. The van der Waals surface area contributed by atoms with Crippen molar-refractivity contribution in [3.8, 4) is 0 Å². The first-order valence-electron chi connectivity index (χ1n) is 9.72. The first-order chi connectivity index (χ1) is 14.2. The number of rotatable bonds is 8.